The van der Waals surface area contributed by atoms with E-state index in [9.17, 15) is 9.59 Å². The van der Waals surface area contributed by atoms with Crippen LogP contribution in [0.4, 0.5) is 0 Å². The zero-order valence-corrected chi connectivity index (χ0v) is 16.4. The predicted molar refractivity (Wildman–Crippen MR) is 100 cm³/mol. The Kier molecular flexibility index (Phi) is 6.46. The molecule has 5 nitrogen and oxygen atoms in total. The third-order valence-corrected chi connectivity index (χ3v) is 5.67. The number of esters is 1. The molecule has 0 radical (unpaired) electrons. The Labute approximate surface area is 150 Å². The molecule has 24 heavy (non-hydrogen) atoms. The van der Waals surface area contributed by atoms with E-state index >= 15 is 0 Å². The molecule has 1 N–H and O–H groups in total. The standard InChI is InChI=1S/C17H24N2O3S2/c1-6-10(4)7-12-11(5)24-16-14(12)15(21)18-17(19-16)23-8-13(20)22-9(2)3/h9-10H,6-8H2,1-5H3,(H,18,19,21). The normalized spacial score (nSPS) is 12.8. The molecule has 0 spiro atoms. The molecular formula is C17H24N2O3S2. The summed E-state index contributed by atoms with van der Waals surface area (Å²) in [6.07, 6.45) is 1.82. The monoisotopic (exact) mass is 368 g/mol. The van der Waals surface area contributed by atoms with E-state index in [0.717, 1.165) is 28.1 Å². The highest BCUT2D eigenvalue weighted by Gasteiger charge is 2.17. The first-order valence-electron chi connectivity index (χ1n) is 8.16. The van der Waals surface area contributed by atoms with Crippen LogP contribution in [0.2, 0.25) is 0 Å². The van der Waals surface area contributed by atoms with Gasteiger partial charge >= 0.3 is 5.97 Å². The van der Waals surface area contributed by atoms with Crippen LogP contribution in [-0.2, 0) is 16.0 Å². The Morgan fingerprint density at radius 3 is 2.71 bits per heavy atom. The molecule has 7 heteroatoms. The fraction of sp³-hybridized carbons (Fsp3) is 0.588. The zero-order valence-electron chi connectivity index (χ0n) is 14.8. The summed E-state index contributed by atoms with van der Waals surface area (Å²) in [5.41, 5.74) is 0.983. The van der Waals surface area contributed by atoms with E-state index in [0.29, 0.717) is 16.5 Å². The first-order valence-corrected chi connectivity index (χ1v) is 9.96. The molecule has 2 rings (SSSR count). The van der Waals surface area contributed by atoms with E-state index in [4.69, 9.17) is 4.74 Å². The van der Waals surface area contributed by atoms with Gasteiger partial charge in [-0.25, -0.2) is 4.98 Å². The number of H-pyrrole nitrogens is 1. The second kappa shape index (κ2) is 8.16. The number of nitrogens with one attached hydrogen (secondary N) is 1. The van der Waals surface area contributed by atoms with Gasteiger partial charge in [0.25, 0.3) is 5.56 Å². The summed E-state index contributed by atoms with van der Waals surface area (Å²) >= 11 is 2.74. The summed E-state index contributed by atoms with van der Waals surface area (Å²) in [4.78, 5) is 33.3. The molecule has 0 aromatic carbocycles. The minimum atomic E-state index is -0.308. The summed E-state index contributed by atoms with van der Waals surface area (Å²) in [5, 5.41) is 1.16. The van der Waals surface area contributed by atoms with Gasteiger partial charge in [-0.15, -0.1) is 11.3 Å². The van der Waals surface area contributed by atoms with E-state index in [1.54, 1.807) is 11.3 Å². The largest absolute Gasteiger partial charge is 0.462 e. The van der Waals surface area contributed by atoms with Gasteiger partial charge in [0, 0.05) is 4.88 Å². The number of fused-ring (bicyclic) bond motifs is 1. The lowest BCUT2D eigenvalue weighted by molar-refractivity contribution is -0.144. The number of hydrogen-bond acceptors (Lipinski definition) is 6. The van der Waals surface area contributed by atoms with E-state index in [1.807, 2.05) is 20.8 Å². The molecule has 2 heterocycles. The van der Waals surface area contributed by atoms with E-state index in [1.165, 1.54) is 11.8 Å². The van der Waals surface area contributed by atoms with Crippen molar-refractivity contribution in [1.29, 1.82) is 0 Å². The van der Waals surface area contributed by atoms with Crippen molar-refractivity contribution in [3.8, 4) is 0 Å². The highest BCUT2D eigenvalue weighted by atomic mass is 32.2. The quantitative estimate of drug-likeness (QED) is 0.455. The Balaban J connectivity index is 2.25. The molecule has 0 aliphatic carbocycles. The van der Waals surface area contributed by atoms with Gasteiger partial charge in [0.05, 0.1) is 17.2 Å². The van der Waals surface area contributed by atoms with Crippen LogP contribution in [0.1, 0.15) is 44.6 Å². The number of ether oxygens (including phenoxy) is 1. The number of carbonyl (C=O) groups excluding carboxylic acids is 1. The molecule has 1 unspecified atom stereocenters. The Hall–Kier alpha value is -1.34. The van der Waals surface area contributed by atoms with Crippen LogP contribution in [0.5, 0.6) is 0 Å². The third-order valence-electron chi connectivity index (χ3n) is 3.78. The third kappa shape index (κ3) is 4.60. The van der Waals surface area contributed by atoms with Gasteiger partial charge in [-0.1, -0.05) is 32.0 Å². The van der Waals surface area contributed by atoms with Crippen molar-refractivity contribution in [2.24, 2.45) is 5.92 Å². The van der Waals surface area contributed by atoms with Crippen molar-refractivity contribution < 1.29 is 9.53 Å². The van der Waals surface area contributed by atoms with E-state index in [-0.39, 0.29) is 23.4 Å². The van der Waals surface area contributed by atoms with Gasteiger partial charge < -0.3 is 9.72 Å². The fourth-order valence-corrected chi connectivity index (χ4v) is 4.14. The number of thioether (sulfide) groups is 1. The van der Waals surface area contributed by atoms with Crippen LogP contribution >= 0.6 is 23.1 Å². The van der Waals surface area contributed by atoms with Crippen LogP contribution in [0, 0.1) is 12.8 Å². The highest BCUT2D eigenvalue weighted by molar-refractivity contribution is 7.99. The van der Waals surface area contributed by atoms with Crippen molar-refractivity contribution in [2.45, 2.75) is 58.7 Å². The molecule has 132 valence electrons. The lowest BCUT2D eigenvalue weighted by Crippen LogP contribution is -2.15. The van der Waals surface area contributed by atoms with Crippen LogP contribution in [0.15, 0.2) is 9.95 Å². The van der Waals surface area contributed by atoms with Crippen molar-refractivity contribution in [1.82, 2.24) is 9.97 Å². The molecular weight excluding hydrogens is 344 g/mol. The molecule has 0 saturated heterocycles. The molecule has 0 fully saturated rings. The molecule has 2 aromatic heterocycles. The van der Waals surface area contributed by atoms with Crippen LogP contribution in [-0.4, -0.2) is 27.8 Å². The van der Waals surface area contributed by atoms with E-state index < -0.39 is 0 Å². The summed E-state index contributed by atoms with van der Waals surface area (Å²) in [5.74, 6) is 0.356. The SMILES string of the molecule is CCC(C)Cc1c(C)sc2nc(SCC(=O)OC(C)C)[nH]c(=O)c12. The topological polar surface area (TPSA) is 72.0 Å². The fourth-order valence-electron chi connectivity index (χ4n) is 2.39. The van der Waals surface area contributed by atoms with Gasteiger partial charge in [-0.3, -0.25) is 9.59 Å². The number of thiophene rings is 1. The second-order valence-electron chi connectivity index (χ2n) is 6.23. The molecule has 0 saturated carbocycles. The molecule has 0 bridgehead atoms. The van der Waals surface area contributed by atoms with Gasteiger partial charge in [-0.2, -0.15) is 0 Å². The molecule has 2 aromatic rings. The van der Waals surface area contributed by atoms with Crippen molar-refractivity contribution >= 4 is 39.3 Å². The first-order chi connectivity index (χ1) is 11.3. The molecule has 0 aliphatic rings. The summed E-state index contributed by atoms with van der Waals surface area (Å²) < 4.78 is 5.09. The van der Waals surface area contributed by atoms with Gasteiger partial charge in [0.2, 0.25) is 0 Å². The summed E-state index contributed by atoms with van der Waals surface area (Å²) in [7, 11) is 0. The lowest BCUT2D eigenvalue weighted by atomic mass is 9.98. The second-order valence-corrected chi connectivity index (χ2v) is 8.40. The van der Waals surface area contributed by atoms with Crippen molar-refractivity contribution in [2.75, 3.05) is 5.75 Å². The summed E-state index contributed by atoms with van der Waals surface area (Å²) in [6.45, 7) is 10.00. The maximum Gasteiger partial charge on any atom is 0.316 e. The van der Waals surface area contributed by atoms with Crippen LogP contribution in [0.25, 0.3) is 10.2 Å². The smallest absolute Gasteiger partial charge is 0.316 e. The maximum atomic E-state index is 12.5. The number of aromatic nitrogens is 2. The number of aryl methyl sites for hydroxylation is 1. The molecule has 1 atom stereocenters. The summed E-state index contributed by atoms with van der Waals surface area (Å²) in [6, 6.07) is 0. The minimum Gasteiger partial charge on any atom is -0.462 e. The predicted octanol–water partition coefficient (Wildman–Crippen LogP) is 3.93. The first kappa shape index (κ1) is 19.0. The number of hydrogen-bond donors (Lipinski definition) is 1. The Morgan fingerprint density at radius 1 is 1.38 bits per heavy atom. The van der Waals surface area contributed by atoms with Crippen molar-refractivity contribution in [3.63, 3.8) is 0 Å². The zero-order chi connectivity index (χ0) is 17.9. The number of aromatic amines is 1. The maximum absolute atomic E-state index is 12.5. The highest BCUT2D eigenvalue weighted by Crippen LogP contribution is 2.30. The minimum absolute atomic E-state index is 0.123. The van der Waals surface area contributed by atoms with Crippen molar-refractivity contribution in [3.05, 3.63) is 20.8 Å². The van der Waals surface area contributed by atoms with E-state index in [2.05, 4.69) is 23.8 Å². The van der Waals surface area contributed by atoms with Crippen LogP contribution < -0.4 is 5.56 Å². The average Bonchev–Trinajstić information content (AvgIpc) is 2.80. The van der Waals surface area contributed by atoms with Gasteiger partial charge in [0.15, 0.2) is 5.16 Å². The molecule has 0 amide bonds. The van der Waals surface area contributed by atoms with Crippen LogP contribution in [0.3, 0.4) is 0 Å². The number of rotatable bonds is 7. The van der Waals surface area contributed by atoms with Gasteiger partial charge in [-0.05, 0) is 38.7 Å². The Bertz CT molecular complexity index is 780. The number of nitrogens with zero attached hydrogens (tertiary/aromatic N) is 1. The molecule has 0 aliphatic heterocycles. The van der Waals surface area contributed by atoms with Gasteiger partial charge in [0.1, 0.15) is 4.83 Å². The average molecular weight is 369 g/mol. The Morgan fingerprint density at radius 2 is 2.08 bits per heavy atom. The number of carbonyl (C=O) groups is 1. The lowest BCUT2D eigenvalue weighted by Gasteiger charge is -2.08.